The number of hydrogen-bond donors (Lipinski definition) is 1. The first-order valence-electron chi connectivity index (χ1n) is 5.01. The lowest BCUT2D eigenvalue weighted by atomic mass is 10.2. The van der Waals surface area contributed by atoms with Gasteiger partial charge in [0.15, 0.2) is 0 Å². The lowest BCUT2D eigenvalue weighted by Gasteiger charge is -2.13. The summed E-state index contributed by atoms with van der Waals surface area (Å²) in [6.07, 6.45) is 1.80. The molecule has 0 radical (unpaired) electrons. The Morgan fingerprint density at radius 1 is 1.33 bits per heavy atom. The molecule has 0 amide bonds. The highest BCUT2D eigenvalue weighted by molar-refractivity contribution is 5.84. The van der Waals surface area contributed by atoms with Crippen molar-refractivity contribution in [3.63, 3.8) is 0 Å². The smallest absolute Gasteiger partial charge is 0.129 e. The van der Waals surface area contributed by atoms with Crippen molar-refractivity contribution < 1.29 is 4.74 Å². The van der Waals surface area contributed by atoms with Crippen molar-refractivity contribution in [1.82, 2.24) is 4.98 Å². The van der Waals surface area contributed by atoms with Crippen LogP contribution in [-0.4, -0.2) is 17.6 Å². The van der Waals surface area contributed by atoms with E-state index in [9.17, 15) is 0 Å². The Hall–Kier alpha value is -1.61. The van der Waals surface area contributed by atoms with E-state index in [1.807, 2.05) is 37.3 Å². The maximum Gasteiger partial charge on any atom is 0.129 e. The van der Waals surface area contributed by atoms with Crippen molar-refractivity contribution in [2.24, 2.45) is 5.73 Å². The number of benzene rings is 1. The van der Waals surface area contributed by atoms with Crippen LogP contribution in [0.2, 0.25) is 0 Å². The first-order chi connectivity index (χ1) is 7.31. The van der Waals surface area contributed by atoms with Crippen molar-refractivity contribution in [2.45, 2.75) is 13.0 Å². The molecule has 0 aliphatic rings. The molecule has 1 aromatic carbocycles. The van der Waals surface area contributed by atoms with Gasteiger partial charge in [-0.25, -0.2) is 0 Å². The minimum absolute atomic E-state index is 0.0239. The fraction of sp³-hybridized carbons (Fsp3) is 0.250. The summed E-state index contributed by atoms with van der Waals surface area (Å²) in [6.45, 7) is 2.46. The topological polar surface area (TPSA) is 48.1 Å². The summed E-state index contributed by atoms with van der Waals surface area (Å²) in [5, 5.41) is 1.03. The average Bonchev–Trinajstić information content (AvgIpc) is 2.29. The molecule has 2 aromatic rings. The molecule has 1 aromatic heterocycles. The molecule has 1 heterocycles. The van der Waals surface area contributed by atoms with Crippen LogP contribution in [0.4, 0.5) is 0 Å². The van der Waals surface area contributed by atoms with E-state index in [0.29, 0.717) is 6.54 Å². The molecule has 0 aliphatic carbocycles. The number of ether oxygens (including phenoxy) is 1. The standard InChI is InChI=1S/C12H14N2O/c1-9(8-13)15-12-6-2-5-11-10(12)4-3-7-14-11/h2-7,9H,8,13H2,1H3. The molecule has 0 saturated heterocycles. The van der Waals surface area contributed by atoms with Gasteiger partial charge in [-0.05, 0) is 31.2 Å². The van der Waals surface area contributed by atoms with Crippen LogP contribution in [0.1, 0.15) is 6.92 Å². The minimum Gasteiger partial charge on any atom is -0.489 e. The molecule has 3 nitrogen and oxygen atoms in total. The minimum atomic E-state index is 0.0239. The SMILES string of the molecule is CC(CN)Oc1cccc2ncccc12. The maximum absolute atomic E-state index is 5.71. The lowest BCUT2D eigenvalue weighted by Crippen LogP contribution is -2.22. The molecule has 78 valence electrons. The second-order valence-electron chi connectivity index (χ2n) is 3.49. The van der Waals surface area contributed by atoms with Gasteiger partial charge >= 0.3 is 0 Å². The Morgan fingerprint density at radius 2 is 2.20 bits per heavy atom. The lowest BCUT2D eigenvalue weighted by molar-refractivity contribution is 0.233. The van der Waals surface area contributed by atoms with Gasteiger partial charge in [-0.15, -0.1) is 0 Å². The zero-order valence-corrected chi connectivity index (χ0v) is 8.68. The fourth-order valence-corrected chi connectivity index (χ4v) is 1.44. The Balaban J connectivity index is 2.42. The monoisotopic (exact) mass is 202 g/mol. The number of pyridine rings is 1. The second-order valence-corrected chi connectivity index (χ2v) is 3.49. The van der Waals surface area contributed by atoms with Crippen LogP contribution < -0.4 is 10.5 Å². The van der Waals surface area contributed by atoms with E-state index in [4.69, 9.17) is 10.5 Å². The molecule has 1 atom stereocenters. The van der Waals surface area contributed by atoms with Gasteiger partial charge in [-0.2, -0.15) is 0 Å². The Kier molecular flexibility index (Phi) is 2.83. The normalized spacial score (nSPS) is 12.7. The predicted octanol–water partition coefficient (Wildman–Crippen LogP) is 1.96. The van der Waals surface area contributed by atoms with E-state index in [1.165, 1.54) is 0 Å². The van der Waals surface area contributed by atoms with Crippen molar-refractivity contribution in [3.8, 4) is 5.75 Å². The highest BCUT2D eigenvalue weighted by Crippen LogP contribution is 2.24. The summed E-state index contributed by atoms with van der Waals surface area (Å²) in [5.41, 5.74) is 6.47. The molecule has 2 rings (SSSR count). The van der Waals surface area contributed by atoms with Crippen LogP contribution in [0.25, 0.3) is 10.9 Å². The molecular weight excluding hydrogens is 188 g/mol. The number of nitrogens with zero attached hydrogens (tertiary/aromatic N) is 1. The third-order valence-electron chi connectivity index (χ3n) is 2.27. The quantitative estimate of drug-likeness (QED) is 0.827. The van der Waals surface area contributed by atoms with Crippen molar-refractivity contribution >= 4 is 10.9 Å². The van der Waals surface area contributed by atoms with Crippen molar-refractivity contribution in [1.29, 1.82) is 0 Å². The van der Waals surface area contributed by atoms with Gasteiger partial charge in [0.25, 0.3) is 0 Å². The second kappa shape index (κ2) is 4.28. The van der Waals surface area contributed by atoms with Gasteiger partial charge in [-0.3, -0.25) is 4.98 Å². The molecule has 1 unspecified atom stereocenters. The third-order valence-corrected chi connectivity index (χ3v) is 2.27. The van der Waals surface area contributed by atoms with E-state index >= 15 is 0 Å². The maximum atomic E-state index is 5.71. The molecule has 0 bridgehead atoms. The largest absolute Gasteiger partial charge is 0.489 e. The van der Waals surface area contributed by atoms with Crippen LogP contribution in [0.5, 0.6) is 5.75 Å². The Labute approximate surface area is 88.9 Å². The highest BCUT2D eigenvalue weighted by atomic mass is 16.5. The van der Waals surface area contributed by atoms with Crippen LogP contribution in [0.15, 0.2) is 36.5 Å². The number of nitrogens with two attached hydrogens (primary N) is 1. The predicted molar refractivity (Wildman–Crippen MR) is 60.9 cm³/mol. The first-order valence-corrected chi connectivity index (χ1v) is 5.01. The van der Waals surface area contributed by atoms with E-state index in [0.717, 1.165) is 16.7 Å². The van der Waals surface area contributed by atoms with Gasteiger partial charge in [-0.1, -0.05) is 6.07 Å². The molecule has 3 heteroatoms. The Bertz CT molecular complexity index is 451. The summed E-state index contributed by atoms with van der Waals surface area (Å²) >= 11 is 0. The van der Waals surface area contributed by atoms with Gasteiger partial charge in [0, 0.05) is 18.1 Å². The highest BCUT2D eigenvalue weighted by Gasteiger charge is 2.05. The number of fused-ring (bicyclic) bond motifs is 1. The molecule has 0 fully saturated rings. The van der Waals surface area contributed by atoms with Gasteiger partial charge in [0.1, 0.15) is 11.9 Å². The van der Waals surface area contributed by atoms with Crippen LogP contribution >= 0.6 is 0 Å². The van der Waals surface area contributed by atoms with Gasteiger partial charge in [0.05, 0.1) is 5.52 Å². The average molecular weight is 202 g/mol. The first kappa shape index (κ1) is 9.93. The third kappa shape index (κ3) is 2.07. The number of aromatic nitrogens is 1. The van der Waals surface area contributed by atoms with E-state index in [1.54, 1.807) is 6.20 Å². The summed E-state index contributed by atoms with van der Waals surface area (Å²) in [6, 6.07) is 9.75. The summed E-state index contributed by atoms with van der Waals surface area (Å²) < 4.78 is 5.71. The molecule has 0 aliphatic heterocycles. The fourth-order valence-electron chi connectivity index (χ4n) is 1.44. The van der Waals surface area contributed by atoms with E-state index in [-0.39, 0.29) is 6.10 Å². The van der Waals surface area contributed by atoms with Crippen molar-refractivity contribution in [2.75, 3.05) is 6.54 Å². The Morgan fingerprint density at radius 3 is 3.00 bits per heavy atom. The van der Waals surface area contributed by atoms with Crippen LogP contribution in [-0.2, 0) is 0 Å². The molecule has 0 spiro atoms. The zero-order chi connectivity index (χ0) is 10.7. The molecule has 15 heavy (non-hydrogen) atoms. The molecular formula is C12H14N2O. The van der Waals surface area contributed by atoms with Gasteiger partial charge < -0.3 is 10.5 Å². The number of hydrogen-bond acceptors (Lipinski definition) is 3. The summed E-state index contributed by atoms with van der Waals surface area (Å²) in [4.78, 5) is 4.26. The van der Waals surface area contributed by atoms with Crippen molar-refractivity contribution in [3.05, 3.63) is 36.5 Å². The van der Waals surface area contributed by atoms with Crippen LogP contribution in [0, 0.1) is 0 Å². The summed E-state index contributed by atoms with van der Waals surface area (Å²) in [7, 11) is 0. The molecule has 0 saturated carbocycles. The summed E-state index contributed by atoms with van der Waals surface area (Å²) in [5.74, 6) is 0.846. The van der Waals surface area contributed by atoms with Gasteiger partial charge in [0.2, 0.25) is 0 Å². The van der Waals surface area contributed by atoms with E-state index < -0.39 is 0 Å². The molecule has 2 N–H and O–H groups in total. The van der Waals surface area contributed by atoms with Crippen LogP contribution in [0.3, 0.4) is 0 Å². The zero-order valence-electron chi connectivity index (χ0n) is 8.68. The number of rotatable bonds is 3. The van der Waals surface area contributed by atoms with E-state index in [2.05, 4.69) is 4.98 Å².